The zero-order valence-electron chi connectivity index (χ0n) is 8.95. The first-order chi connectivity index (χ1) is 8.13. The van der Waals surface area contributed by atoms with Gasteiger partial charge in [0.15, 0.2) is 6.29 Å². The molecule has 2 aromatic rings. The highest BCUT2D eigenvalue weighted by Gasteiger charge is 2.12. The van der Waals surface area contributed by atoms with Gasteiger partial charge in [-0.15, -0.1) is 0 Å². The maximum atomic E-state index is 10.7. The Balaban J connectivity index is 2.67. The third-order valence-electron chi connectivity index (χ3n) is 2.30. The highest BCUT2D eigenvalue weighted by atomic mass is 35.5. The number of nitrogens with zero attached hydrogens (tertiary/aromatic N) is 2. The molecule has 0 aliphatic rings. The number of hydrogen-bond donors (Lipinski definition) is 0. The lowest BCUT2D eigenvalue weighted by molar-refractivity contribution is 0.111. The van der Waals surface area contributed by atoms with Gasteiger partial charge in [0.05, 0.1) is 27.6 Å². The smallest absolute Gasteiger partial charge is 0.170 e. The van der Waals surface area contributed by atoms with Crippen LogP contribution in [0.25, 0.3) is 11.3 Å². The Labute approximate surface area is 108 Å². The Kier molecular flexibility index (Phi) is 3.41. The van der Waals surface area contributed by atoms with Crippen LogP contribution in [0, 0.1) is 6.92 Å². The van der Waals surface area contributed by atoms with Gasteiger partial charge in [0.25, 0.3) is 0 Å². The highest BCUT2D eigenvalue weighted by molar-refractivity contribution is 6.43. The summed E-state index contributed by atoms with van der Waals surface area (Å²) in [6, 6.07) is 5.26. The quantitative estimate of drug-likeness (QED) is 0.781. The Morgan fingerprint density at radius 2 is 2.06 bits per heavy atom. The molecule has 0 saturated heterocycles. The second kappa shape index (κ2) is 4.82. The summed E-state index contributed by atoms with van der Waals surface area (Å²) in [6.45, 7) is 1.80. The van der Waals surface area contributed by atoms with E-state index < -0.39 is 0 Å². The van der Waals surface area contributed by atoms with Crippen LogP contribution < -0.4 is 0 Å². The van der Waals surface area contributed by atoms with E-state index in [4.69, 9.17) is 23.2 Å². The zero-order chi connectivity index (χ0) is 12.4. The van der Waals surface area contributed by atoms with Gasteiger partial charge >= 0.3 is 0 Å². The van der Waals surface area contributed by atoms with Crippen LogP contribution in [-0.2, 0) is 0 Å². The molecule has 0 bridgehead atoms. The van der Waals surface area contributed by atoms with Gasteiger partial charge in [0.2, 0.25) is 0 Å². The number of aryl methyl sites for hydroxylation is 1. The average molecular weight is 267 g/mol. The minimum absolute atomic E-state index is 0.265. The molecule has 0 N–H and O–H groups in total. The molecule has 0 aliphatic carbocycles. The van der Waals surface area contributed by atoms with Crippen molar-refractivity contribution < 1.29 is 4.79 Å². The van der Waals surface area contributed by atoms with Crippen LogP contribution in [0.4, 0.5) is 0 Å². The molecule has 0 atom stereocenters. The van der Waals surface area contributed by atoms with E-state index in [1.54, 1.807) is 25.1 Å². The van der Waals surface area contributed by atoms with Crippen LogP contribution in [0.1, 0.15) is 16.2 Å². The van der Waals surface area contributed by atoms with Gasteiger partial charge in [-0.3, -0.25) is 9.78 Å². The molecule has 0 spiro atoms. The van der Waals surface area contributed by atoms with Crippen molar-refractivity contribution in [3.05, 3.63) is 45.8 Å². The summed E-state index contributed by atoms with van der Waals surface area (Å²) in [5.41, 5.74) is 2.20. The van der Waals surface area contributed by atoms with Gasteiger partial charge in [0, 0.05) is 5.56 Å². The molecule has 2 rings (SSSR count). The van der Waals surface area contributed by atoms with Crippen molar-refractivity contribution in [3.8, 4) is 11.3 Å². The van der Waals surface area contributed by atoms with E-state index in [0.717, 1.165) is 0 Å². The monoisotopic (exact) mass is 266 g/mol. The van der Waals surface area contributed by atoms with Gasteiger partial charge in [0.1, 0.15) is 5.69 Å². The number of aromatic nitrogens is 2. The molecule has 1 aromatic heterocycles. The first-order valence-corrected chi connectivity index (χ1v) is 5.62. The number of carbonyl (C=O) groups is 1. The van der Waals surface area contributed by atoms with Crippen molar-refractivity contribution in [3.63, 3.8) is 0 Å². The molecule has 17 heavy (non-hydrogen) atoms. The summed E-state index contributed by atoms with van der Waals surface area (Å²) in [5.74, 6) is 0. The van der Waals surface area contributed by atoms with Gasteiger partial charge in [-0.1, -0.05) is 35.3 Å². The molecule has 3 nitrogen and oxygen atoms in total. The SMILES string of the molecule is Cc1ncc(C=O)nc1-c1cccc(Cl)c1Cl. The normalized spacial score (nSPS) is 10.3. The standard InChI is InChI=1S/C12H8Cl2N2O/c1-7-12(16-8(6-17)5-15-7)9-3-2-4-10(13)11(9)14/h2-6H,1H3. The Morgan fingerprint density at radius 3 is 2.76 bits per heavy atom. The van der Waals surface area contributed by atoms with Gasteiger partial charge in [-0.2, -0.15) is 0 Å². The number of carbonyl (C=O) groups excluding carboxylic acids is 1. The summed E-state index contributed by atoms with van der Waals surface area (Å²) >= 11 is 12.0. The van der Waals surface area contributed by atoms with Crippen LogP contribution in [0.5, 0.6) is 0 Å². The molecule has 0 aliphatic heterocycles. The molecule has 0 fully saturated rings. The van der Waals surface area contributed by atoms with Crippen LogP contribution in [-0.4, -0.2) is 16.3 Å². The molecule has 86 valence electrons. The fourth-order valence-electron chi connectivity index (χ4n) is 1.46. The zero-order valence-corrected chi connectivity index (χ0v) is 10.5. The maximum Gasteiger partial charge on any atom is 0.170 e. The molecule has 0 amide bonds. The Morgan fingerprint density at radius 1 is 1.29 bits per heavy atom. The van der Waals surface area contributed by atoms with Crippen molar-refractivity contribution in [1.82, 2.24) is 9.97 Å². The molecular weight excluding hydrogens is 259 g/mol. The Bertz CT molecular complexity index is 585. The van der Waals surface area contributed by atoms with Crippen molar-refractivity contribution >= 4 is 29.5 Å². The lowest BCUT2D eigenvalue weighted by atomic mass is 10.1. The predicted octanol–water partition coefficient (Wildman–Crippen LogP) is 3.57. The fraction of sp³-hybridized carbons (Fsp3) is 0.0833. The lowest BCUT2D eigenvalue weighted by Crippen LogP contribution is -1.97. The lowest BCUT2D eigenvalue weighted by Gasteiger charge is -2.07. The number of aldehydes is 1. The largest absolute Gasteiger partial charge is 0.296 e. The molecular formula is C12H8Cl2N2O. The molecule has 1 aromatic carbocycles. The number of hydrogen-bond acceptors (Lipinski definition) is 3. The van der Waals surface area contributed by atoms with E-state index in [0.29, 0.717) is 33.3 Å². The second-order valence-corrected chi connectivity index (χ2v) is 4.23. The second-order valence-electron chi connectivity index (χ2n) is 3.45. The number of halogens is 2. The topological polar surface area (TPSA) is 42.9 Å². The molecule has 0 radical (unpaired) electrons. The van der Waals surface area contributed by atoms with E-state index in [1.807, 2.05) is 0 Å². The van der Waals surface area contributed by atoms with Crippen LogP contribution in [0.15, 0.2) is 24.4 Å². The minimum atomic E-state index is 0.265. The summed E-state index contributed by atoms with van der Waals surface area (Å²) in [6.07, 6.45) is 2.07. The summed E-state index contributed by atoms with van der Waals surface area (Å²) in [4.78, 5) is 19.0. The van der Waals surface area contributed by atoms with Crippen molar-refractivity contribution in [2.45, 2.75) is 6.92 Å². The highest BCUT2D eigenvalue weighted by Crippen LogP contribution is 2.33. The Hall–Kier alpha value is -1.45. The van der Waals surface area contributed by atoms with Crippen molar-refractivity contribution in [2.75, 3.05) is 0 Å². The van der Waals surface area contributed by atoms with E-state index >= 15 is 0 Å². The van der Waals surface area contributed by atoms with Crippen molar-refractivity contribution in [1.29, 1.82) is 0 Å². The first kappa shape index (κ1) is 12.0. The van der Waals surface area contributed by atoms with Crippen LogP contribution in [0.2, 0.25) is 10.0 Å². The van der Waals surface area contributed by atoms with Gasteiger partial charge in [-0.05, 0) is 13.0 Å². The first-order valence-electron chi connectivity index (χ1n) is 4.86. The summed E-state index contributed by atoms with van der Waals surface area (Å²) < 4.78 is 0. The van der Waals surface area contributed by atoms with Gasteiger partial charge in [-0.25, -0.2) is 4.98 Å². The third-order valence-corrected chi connectivity index (χ3v) is 3.12. The van der Waals surface area contributed by atoms with Gasteiger partial charge < -0.3 is 0 Å². The summed E-state index contributed by atoms with van der Waals surface area (Å²) in [5, 5.41) is 0.858. The minimum Gasteiger partial charge on any atom is -0.296 e. The molecule has 0 unspecified atom stereocenters. The predicted molar refractivity (Wildman–Crippen MR) is 67.6 cm³/mol. The van der Waals surface area contributed by atoms with E-state index in [1.165, 1.54) is 6.20 Å². The summed E-state index contributed by atoms with van der Waals surface area (Å²) in [7, 11) is 0. The van der Waals surface area contributed by atoms with E-state index in [2.05, 4.69) is 9.97 Å². The third kappa shape index (κ3) is 2.30. The van der Waals surface area contributed by atoms with Crippen LogP contribution >= 0.6 is 23.2 Å². The number of benzene rings is 1. The van der Waals surface area contributed by atoms with Crippen molar-refractivity contribution in [2.24, 2.45) is 0 Å². The van der Waals surface area contributed by atoms with E-state index in [-0.39, 0.29) is 5.69 Å². The van der Waals surface area contributed by atoms with Crippen LogP contribution in [0.3, 0.4) is 0 Å². The number of rotatable bonds is 2. The van der Waals surface area contributed by atoms with E-state index in [9.17, 15) is 4.79 Å². The maximum absolute atomic E-state index is 10.7. The average Bonchev–Trinajstić information content (AvgIpc) is 2.34. The fourth-order valence-corrected chi connectivity index (χ4v) is 1.85. The molecule has 1 heterocycles. The molecule has 0 saturated carbocycles. The molecule has 5 heteroatoms.